The Morgan fingerprint density at radius 1 is 1.03 bits per heavy atom. The molecule has 1 fully saturated rings. The normalized spacial score (nSPS) is 13.9. The quantitative estimate of drug-likeness (QED) is 0.400. The van der Waals surface area contributed by atoms with Crippen LogP contribution in [0, 0.1) is 0 Å². The summed E-state index contributed by atoms with van der Waals surface area (Å²) < 4.78 is 7.32. The molecule has 1 aliphatic heterocycles. The van der Waals surface area contributed by atoms with Crippen molar-refractivity contribution < 1.29 is 9.53 Å². The highest BCUT2D eigenvalue weighted by Crippen LogP contribution is 2.28. The minimum absolute atomic E-state index is 0.120. The molecule has 4 aromatic rings. The molecular weight excluding hydrogens is 456 g/mol. The van der Waals surface area contributed by atoms with Gasteiger partial charge in [-0.05, 0) is 48.7 Å². The number of amides is 1. The van der Waals surface area contributed by atoms with Crippen molar-refractivity contribution in [3.05, 3.63) is 67.3 Å². The van der Waals surface area contributed by atoms with Crippen LogP contribution in [0.1, 0.15) is 25.8 Å². The molecule has 2 aromatic heterocycles. The standard InChI is InChI=1S/C26H28N8O2/c1-18(35)30-21-4-3-5-22(14-21)31-25-27-17-28-26(32-25)33-12-10-23(11-13-33)34-16-20(15-29-34)19-6-8-24(36-2)9-7-19/h3-9,14-17,23H,10-13H2,1-2H3,(H,30,35)(H,27,28,31,32). The lowest BCUT2D eigenvalue weighted by atomic mass is 10.1. The molecule has 0 bridgehead atoms. The van der Waals surface area contributed by atoms with Crippen molar-refractivity contribution in [1.82, 2.24) is 24.7 Å². The summed E-state index contributed by atoms with van der Waals surface area (Å²) in [5, 5.41) is 10.6. The average Bonchev–Trinajstić information content (AvgIpc) is 3.39. The average molecular weight is 485 g/mol. The zero-order valence-corrected chi connectivity index (χ0v) is 20.3. The predicted molar refractivity (Wildman–Crippen MR) is 139 cm³/mol. The van der Waals surface area contributed by atoms with Crippen LogP contribution in [0.3, 0.4) is 0 Å². The van der Waals surface area contributed by atoms with Crippen LogP contribution in [-0.2, 0) is 4.79 Å². The molecule has 36 heavy (non-hydrogen) atoms. The molecule has 5 rings (SSSR count). The Morgan fingerprint density at radius 3 is 2.56 bits per heavy atom. The number of nitrogens with one attached hydrogen (secondary N) is 2. The van der Waals surface area contributed by atoms with E-state index in [1.54, 1.807) is 7.11 Å². The molecule has 0 atom stereocenters. The zero-order valence-electron chi connectivity index (χ0n) is 20.3. The van der Waals surface area contributed by atoms with Gasteiger partial charge in [0, 0.05) is 43.1 Å². The Balaban J connectivity index is 1.21. The van der Waals surface area contributed by atoms with Crippen LogP contribution in [-0.4, -0.2) is 50.8 Å². The van der Waals surface area contributed by atoms with Crippen LogP contribution < -0.4 is 20.3 Å². The molecule has 184 valence electrons. The van der Waals surface area contributed by atoms with Crippen molar-refractivity contribution in [2.45, 2.75) is 25.8 Å². The molecule has 0 aliphatic carbocycles. The number of carbonyl (C=O) groups excluding carboxylic acids is 1. The summed E-state index contributed by atoms with van der Waals surface area (Å²) in [6.07, 6.45) is 7.43. The molecule has 3 heterocycles. The number of nitrogens with zero attached hydrogens (tertiary/aromatic N) is 6. The summed E-state index contributed by atoms with van der Waals surface area (Å²) in [7, 11) is 1.67. The molecule has 1 saturated heterocycles. The first-order chi connectivity index (χ1) is 17.6. The largest absolute Gasteiger partial charge is 0.497 e. The highest BCUT2D eigenvalue weighted by Gasteiger charge is 2.23. The maximum Gasteiger partial charge on any atom is 0.231 e. The lowest BCUT2D eigenvalue weighted by Crippen LogP contribution is -2.36. The van der Waals surface area contributed by atoms with Crippen LogP contribution in [0.15, 0.2) is 67.3 Å². The number of anilines is 4. The summed E-state index contributed by atoms with van der Waals surface area (Å²) in [4.78, 5) is 26.8. The monoisotopic (exact) mass is 484 g/mol. The first-order valence-corrected chi connectivity index (χ1v) is 11.8. The van der Waals surface area contributed by atoms with Crippen LogP contribution in [0.4, 0.5) is 23.3 Å². The van der Waals surface area contributed by atoms with Crippen LogP contribution in [0.2, 0.25) is 0 Å². The van der Waals surface area contributed by atoms with Crippen molar-refractivity contribution in [3.63, 3.8) is 0 Å². The van der Waals surface area contributed by atoms with E-state index in [2.05, 4.69) is 46.5 Å². The molecule has 1 amide bonds. The van der Waals surface area contributed by atoms with E-state index >= 15 is 0 Å². The maximum absolute atomic E-state index is 11.3. The van der Waals surface area contributed by atoms with E-state index in [1.165, 1.54) is 13.3 Å². The van der Waals surface area contributed by atoms with E-state index < -0.39 is 0 Å². The number of rotatable bonds is 7. The van der Waals surface area contributed by atoms with Crippen molar-refractivity contribution >= 4 is 29.2 Å². The Morgan fingerprint density at radius 2 is 1.81 bits per heavy atom. The van der Waals surface area contributed by atoms with Gasteiger partial charge in [0.2, 0.25) is 17.8 Å². The fourth-order valence-electron chi connectivity index (χ4n) is 4.31. The van der Waals surface area contributed by atoms with E-state index in [4.69, 9.17) is 4.74 Å². The third-order valence-electron chi connectivity index (χ3n) is 6.14. The van der Waals surface area contributed by atoms with E-state index in [1.807, 2.05) is 54.7 Å². The van der Waals surface area contributed by atoms with Gasteiger partial charge in [0.25, 0.3) is 0 Å². The van der Waals surface area contributed by atoms with Gasteiger partial charge < -0.3 is 20.3 Å². The molecule has 10 heteroatoms. The van der Waals surface area contributed by atoms with Crippen LogP contribution >= 0.6 is 0 Å². The predicted octanol–water partition coefficient (Wildman–Crippen LogP) is 4.29. The Kier molecular flexibility index (Phi) is 6.74. The summed E-state index contributed by atoms with van der Waals surface area (Å²) >= 11 is 0. The van der Waals surface area contributed by atoms with Gasteiger partial charge in [0.05, 0.1) is 19.3 Å². The topological polar surface area (TPSA) is 110 Å². The van der Waals surface area contributed by atoms with Crippen molar-refractivity contribution in [1.29, 1.82) is 0 Å². The first-order valence-electron chi connectivity index (χ1n) is 11.8. The van der Waals surface area contributed by atoms with Crippen molar-refractivity contribution in [2.24, 2.45) is 0 Å². The SMILES string of the molecule is COc1ccc(-c2cnn(C3CCN(c4ncnc(Nc5cccc(NC(C)=O)c5)n4)CC3)c2)cc1. The highest BCUT2D eigenvalue weighted by atomic mass is 16.5. The molecule has 0 radical (unpaired) electrons. The summed E-state index contributed by atoms with van der Waals surface area (Å²) in [5.41, 5.74) is 3.70. The van der Waals surface area contributed by atoms with Gasteiger partial charge in [-0.1, -0.05) is 18.2 Å². The van der Waals surface area contributed by atoms with E-state index in [0.29, 0.717) is 23.6 Å². The van der Waals surface area contributed by atoms with Gasteiger partial charge >= 0.3 is 0 Å². The Hall–Kier alpha value is -4.47. The van der Waals surface area contributed by atoms with Gasteiger partial charge in [0.15, 0.2) is 0 Å². The summed E-state index contributed by atoms with van der Waals surface area (Å²) in [6, 6.07) is 15.8. The lowest BCUT2D eigenvalue weighted by Gasteiger charge is -2.32. The summed E-state index contributed by atoms with van der Waals surface area (Å²) in [6.45, 7) is 3.13. The third kappa shape index (κ3) is 5.43. The minimum atomic E-state index is -0.120. The minimum Gasteiger partial charge on any atom is -0.497 e. The molecular formula is C26H28N8O2. The fourth-order valence-corrected chi connectivity index (χ4v) is 4.31. The van der Waals surface area contributed by atoms with Gasteiger partial charge in [-0.2, -0.15) is 10.1 Å². The second-order valence-electron chi connectivity index (χ2n) is 8.65. The van der Waals surface area contributed by atoms with Gasteiger partial charge in [-0.3, -0.25) is 9.48 Å². The lowest BCUT2D eigenvalue weighted by molar-refractivity contribution is -0.114. The molecule has 0 spiro atoms. The fraction of sp³-hybridized carbons (Fsp3) is 0.269. The molecule has 10 nitrogen and oxygen atoms in total. The van der Waals surface area contributed by atoms with Gasteiger partial charge in [-0.25, -0.2) is 9.97 Å². The Bertz CT molecular complexity index is 1330. The number of aromatic nitrogens is 5. The number of hydrogen-bond acceptors (Lipinski definition) is 8. The number of ether oxygens (including phenoxy) is 1. The third-order valence-corrected chi connectivity index (χ3v) is 6.14. The second kappa shape index (κ2) is 10.4. The first kappa shape index (κ1) is 23.3. The molecule has 1 aliphatic rings. The molecule has 2 N–H and O–H groups in total. The number of hydrogen-bond donors (Lipinski definition) is 2. The maximum atomic E-state index is 11.3. The van der Waals surface area contributed by atoms with Crippen molar-refractivity contribution in [2.75, 3.05) is 35.7 Å². The van der Waals surface area contributed by atoms with E-state index in [9.17, 15) is 4.79 Å². The number of benzene rings is 2. The number of methoxy groups -OCH3 is 1. The zero-order chi connectivity index (χ0) is 24.9. The Labute approximate surface area is 209 Å². The molecule has 0 saturated carbocycles. The summed E-state index contributed by atoms with van der Waals surface area (Å²) in [5.74, 6) is 1.82. The number of piperidine rings is 1. The van der Waals surface area contributed by atoms with E-state index in [-0.39, 0.29) is 5.91 Å². The van der Waals surface area contributed by atoms with Crippen molar-refractivity contribution in [3.8, 4) is 16.9 Å². The molecule has 2 aromatic carbocycles. The number of carbonyl (C=O) groups is 1. The van der Waals surface area contributed by atoms with Gasteiger partial charge in [-0.15, -0.1) is 0 Å². The smallest absolute Gasteiger partial charge is 0.231 e. The van der Waals surface area contributed by atoms with E-state index in [0.717, 1.165) is 48.5 Å². The molecule has 0 unspecified atom stereocenters. The van der Waals surface area contributed by atoms with Crippen LogP contribution in [0.5, 0.6) is 5.75 Å². The van der Waals surface area contributed by atoms with Gasteiger partial charge in [0.1, 0.15) is 12.1 Å². The second-order valence-corrected chi connectivity index (χ2v) is 8.65. The highest BCUT2D eigenvalue weighted by molar-refractivity contribution is 5.89. The van der Waals surface area contributed by atoms with Crippen LogP contribution in [0.25, 0.3) is 11.1 Å².